The molecule has 3 aromatic carbocycles. The molecule has 246 valence electrons. The second-order valence-electron chi connectivity index (χ2n) is 10.7. The highest BCUT2D eigenvalue weighted by Gasteiger charge is 2.36. The SMILES string of the molecule is CCOc1cc(/C=c2/sc3n(c2=O)[C@H](c2cc(OC)ccc2OC)C(C(=O)N(CC)CC)=C(C)N=3)ccc1OCc1ccc(Cl)cc1. The van der Waals surface area contributed by atoms with Crippen LogP contribution in [0.5, 0.6) is 23.0 Å². The van der Waals surface area contributed by atoms with Crippen molar-refractivity contribution in [1.82, 2.24) is 9.47 Å². The number of rotatable bonds is 12. The predicted molar refractivity (Wildman–Crippen MR) is 185 cm³/mol. The van der Waals surface area contributed by atoms with Crippen molar-refractivity contribution in [3.05, 3.63) is 113 Å². The maximum atomic E-state index is 14.3. The van der Waals surface area contributed by atoms with E-state index in [1.165, 1.54) is 11.3 Å². The minimum absolute atomic E-state index is 0.184. The number of hydrogen-bond donors (Lipinski definition) is 0. The summed E-state index contributed by atoms with van der Waals surface area (Å²) in [7, 11) is 3.14. The van der Waals surface area contributed by atoms with Gasteiger partial charge in [-0.1, -0.05) is 41.1 Å². The van der Waals surface area contributed by atoms with Gasteiger partial charge in [0.2, 0.25) is 0 Å². The van der Waals surface area contributed by atoms with Gasteiger partial charge in [-0.25, -0.2) is 4.99 Å². The molecule has 1 aliphatic rings. The summed E-state index contributed by atoms with van der Waals surface area (Å²) in [4.78, 5) is 35.3. The first-order chi connectivity index (χ1) is 22.7. The molecule has 47 heavy (non-hydrogen) atoms. The summed E-state index contributed by atoms with van der Waals surface area (Å²) < 4.78 is 25.3. The van der Waals surface area contributed by atoms with Crippen LogP contribution in [0, 0.1) is 0 Å². The topological polar surface area (TPSA) is 91.6 Å². The Bertz CT molecular complexity index is 1980. The summed E-state index contributed by atoms with van der Waals surface area (Å²) in [6.45, 7) is 9.38. The number of ether oxygens (including phenoxy) is 4. The summed E-state index contributed by atoms with van der Waals surface area (Å²) in [6, 6.07) is 17.6. The number of nitrogens with zero attached hydrogens (tertiary/aromatic N) is 3. The smallest absolute Gasteiger partial charge is 0.271 e. The minimum Gasteiger partial charge on any atom is -0.497 e. The van der Waals surface area contributed by atoms with Crippen LogP contribution < -0.4 is 33.8 Å². The van der Waals surface area contributed by atoms with E-state index in [2.05, 4.69) is 0 Å². The summed E-state index contributed by atoms with van der Waals surface area (Å²) in [5.74, 6) is 2.07. The van der Waals surface area contributed by atoms with Crippen LogP contribution in [0.4, 0.5) is 0 Å². The second-order valence-corrected chi connectivity index (χ2v) is 12.2. The van der Waals surface area contributed by atoms with Crippen LogP contribution in [0.2, 0.25) is 5.02 Å². The number of fused-ring (bicyclic) bond motifs is 1. The quantitative estimate of drug-likeness (QED) is 0.190. The van der Waals surface area contributed by atoms with E-state index in [9.17, 15) is 9.59 Å². The van der Waals surface area contributed by atoms with Gasteiger partial charge < -0.3 is 23.8 Å². The molecule has 0 N–H and O–H groups in total. The van der Waals surface area contributed by atoms with Crippen molar-refractivity contribution in [2.75, 3.05) is 33.9 Å². The number of thiazole rings is 1. The molecule has 0 radical (unpaired) electrons. The predicted octanol–water partition coefficient (Wildman–Crippen LogP) is 5.75. The molecule has 1 aliphatic heterocycles. The van der Waals surface area contributed by atoms with Gasteiger partial charge in [-0.15, -0.1) is 0 Å². The molecular weight excluding hydrogens is 638 g/mol. The third-order valence-electron chi connectivity index (χ3n) is 7.91. The number of halogens is 1. The molecule has 0 unspecified atom stereocenters. The Balaban J connectivity index is 1.61. The van der Waals surface area contributed by atoms with E-state index >= 15 is 0 Å². The standard InChI is InChI=1S/C36H38ClN3O6S/c1-7-39(8-2)35(42)32-22(4)38-36-40(33(32)27-20-26(43-5)15-17-28(27)44-6)34(41)31(47-36)19-24-12-16-29(30(18-24)45-9-3)46-21-23-10-13-25(37)14-11-23/h10-20,33H,7-9,21H2,1-6H3/b31-19+/t33-/m1/s1. The maximum Gasteiger partial charge on any atom is 0.271 e. The molecule has 9 nitrogen and oxygen atoms in total. The number of aromatic nitrogens is 1. The van der Waals surface area contributed by atoms with E-state index in [1.807, 2.05) is 76.2 Å². The Morgan fingerprint density at radius 2 is 1.68 bits per heavy atom. The minimum atomic E-state index is -0.783. The normalized spacial score (nSPS) is 14.4. The van der Waals surface area contributed by atoms with Gasteiger partial charge in [0.05, 0.1) is 36.6 Å². The number of hydrogen-bond acceptors (Lipinski definition) is 8. The molecular formula is C36H38ClN3O6S. The van der Waals surface area contributed by atoms with E-state index in [4.69, 9.17) is 35.5 Å². The molecule has 0 bridgehead atoms. The lowest BCUT2D eigenvalue weighted by Crippen LogP contribution is -2.43. The number of methoxy groups -OCH3 is 2. The Morgan fingerprint density at radius 1 is 0.957 bits per heavy atom. The van der Waals surface area contributed by atoms with E-state index in [0.29, 0.717) is 80.5 Å². The zero-order chi connectivity index (χ0) is 33.7. The Hall–Kier alpha value is -4.54. The van der Waals surface area contributed by atoms with Gasteiger partial charge in [0, 0.05) is 23.7 Å². The van der Waals surface area contributed by atoms with E-state index in [0.717, 1.165) is 11.1 Å². The van der Waals surface area contributed by atoms with E-state index < -0.39 is 6.04 Å². The highest BCUT2D eigenvalue weighted by Crippen LogP contribution is 2.38. The number of allylic oxidation sites excluding steroid dienone is 1. The molecule has 1 amide bonds. The lowest BCUT2D eigenvalue weighted by molar-refractivity contribution is -0.127. The van der Waals surface area contributed by atoms with Crippen LogP contribution >= 0.6 is 22.9 Å². The first kappa shape index (κ1) is 33.8. The van der Waals surface area contributed by atoms with Gasteiger partial charge >= 0.3 is 0 Å². The lowest BCUT2D eigenvalue weighted by Gasteiger charge is -2.30. The largest absolute Gasteiger partial charge is 0.497 e. The maximum absolute atomic E-state index is 14.3. The summed E-state index contributed by atoms with van der Waals surface area (Å²) in [5, 5.41) is 0.661. The third-order valence-corrected chi connectivity index (χ3v) is 9.14. The van der Waals surface area contributed by atoms with E-state index in [1.54, 1.807) is 41.9 Å². The van der Waals surface area contributed by atoms with E-state index in [-0.39, 0.29) is 11.5 Å². The number of carbonyl (C=O) groups is 1. The van der Waals surface area contributed by atoms with Crippen molar-refractivity contribution in [3.63, 3.8) is 0 Å². The van der Waals surface area contributed by atoms with Crippen molar-refractivity contribution in [2.45, 2.75) is 40.3 Å². The number of likely N-dealkylation sites (N-methyl/N-ethyl adjacent to an activating group) is 1. The summed E-state index contributed by atoms with van der Waals surface area (Å²) >= 11 is 7.28. The van der Waals surface area contributed by atoms with Crippen molar-refractivity contribution >= 4 is 34.9 Å². The molecule has 1 atom stereocenters. The molecule has 0 saturated heterocycles. The Morgan fingerprint density at radius 3 is 2.34 bits per heavy atom. The van der Waals surface area contributed by atoms with Crippen molar-refractivity contribution in [2.24, 2.45) is 4.99 Å². The highest BCUT2D eigenvalue weighted by atomic mass is 35.5. The molecule has 0 saturated carbocycles. The fraction of sp³-hybridized carbons (Fsp3) is 0.306. The fourth-order valence-electron chi connectivity index (χ4n) is 5.52. The van der Waals surface area contributed by atoms with Crippen molar-refractivity contribution < 1.29 is 23.7 Å². The molecule has 5 rings (SSSR count). The molecule has 11 heteroatoms. The zero-order valence-electron chi connectivity index (χ0n) is 27.3. The molecule has 1 aromatic heterocycles. The van der Waals surface area contributed by atoms with Gasteiger partial charge in [-0.05, 0) is 87.4 Å². The molecule has 0 aliphatic carbocycles. The van der Waals surface area contributed by atoms with Gasteiger partial charge in [-0.2, -0.15) is 0 Å². The second kappa shape index (κ2) is 14.9. The first-order valence-corrected chi connectivity index (χ1v) is 16.6. The van der Waals surface area contributed by atoms with Gasteiger partial charge in [0.25, 0.3) is 11.5 Å². The van der Waals surface area contributed by atoms with Crippen LogP contribution in [-0.2, 0) is 11.4 Å². The van der Waals surface area contributed by atoms with Gasteiger partial charge in [0.1, 0.15) is 24.1 Å². The van der Waals surface area contributed by atoms with Crippen LogP contribution in [0.25, 0.3) is 6.08 Å². The number of benzene rings is 3. The van der Waals surface area contributed by atoms with Crippen LogP contribution in [0.15, 0.2) is 81.7 Å². The highest BCUT2D eigenvalue weighted by molar-refractivity contribution is 7.07. The molecule has 4 aromatic rings. The molecule has 0 spiro atoms. The lowest BCUT2D eigenvalue weighted by atomic mass is 9.93. The third kappa shape index (κ3) is 7.08. The number of carbonyl (C=O) groups excluding carboxylic acids is 1. The fourth-order valence-corrected chi connectivity index (χ4v) is 6.69. The monoisotopic (exact) mass is 675 g/mol. The van der Waals surface area contributed by atoms with Crippen LogP contribution in [-0.4, -0.2) is 49.3 Å². The average molecular weight is 676 g/mol. The average Bonchev–Trinajstić information content (AvgIpc) is 3.38. The van der Waals surface area contributed by atoms with Crippen molar-refractivity contribution in [3.8, 4) is 23.0 Å². The van der Waals surface area contributed by atoms with Crippen LogP contribution in [0.3, 0.4) is 0 Å². The van der Waals surface area contributed by atoms with Crippen molar-refractivity contribution in [1.29, 1.82) is 0 Å². The molecule has 0 fully saturated rings. The number of amides is 1. The van der Waals surface area contributed by atoms with Gasteiger partial charge in [0.15, 0.2) is 16.3 Å². The van der Waals surface area contributed by atoms with Gasteiger partial charge in [-0.3, -0.25) is 14.2 Å². The summed E-state index contributed by atoms with van der Waals surface area (Å²) in [5.41, 5.74) is 3.04. The Labute approximate surface area is 282 Å². The van der Waals surface area contributed by atoms with Crippen LogP contribution in [0.1, 0.15) is 50.4 Å². The zero-order valence-corrected chi connectivity index (χ0v) is 28.9. The molecule has 2 heterocycles. The Kier molecular flexibility index (Phi) is 10.7. The first-order valence-electron chi connectivity index (χ1n) is 15.4. The summed E-state index contributed by atoms with van der Waals surface area (Å²) in [6.07, 6.45) is 1.81.